The fraction of sp³-hybridized carbons (Fsp3) is 0.133. The Kier molecular flexibility index (Phi) is 4.68. The minimum atomic E-state index is -0.109. The lowest BCUT2D eigenvalue weighted by Crippen LogP contribution is -2.31. The molecule has 0 aromatic heterocycles. The number of carbonyl (C=O) groups is 1. The van der Waals surface area contributed by atoms with Crippen molar-refractivity contribution >= 4 is 44.8 Å². The molecule has 0 aliphatic rings. The van der Waals surface area contributed by atoms with Crippen LogP contribution in [0.1, 0.15) is 17.3 Å². The summed E-state index contributed by atoms with van der Waals surface area (Å²) in [7, 11) is 0. The number of hydrogen-bond acceptors (Lipinski definition) is 2. The van der Waals surface area contributed by atoms with Crippen LogP contribution in [0.4, 0.5) is 11.4 Å². The van der Waals surface area contributed by atoms with Crippen molar-refractivity contribution < 1.29 is 4.79 Å². The highest BCUT2D eigenvalue weighted by Crippen LogP contribution is 2.27. The minimum absolute atomic E-state index is 0.109. The van der Waals surface area contributed by atoms with Crippen LogP contribution in [0.5, 0.6) is 0 Å². The van der Waals surface area contributed by atoms with Gasteiger partial charge in [-0.05, 0) is 53.2 Å². The van der Waals surface area contributed by atoms with E-state index in [1.165, 1.54) is 0 Å². The van der Waals surface area contributed by atoms with Crippen molar-refractivity contribution in [2.45, 2.75) is 6.92 Å². The molecule has 0 fully saturated rings. The molecule has 0 radical (unpaired) electrons. The van der Waals surface area contributed by atoms with E-state index in [1.807, 2.05) is 25.1 Å². The van der Waals surface area contributed by atoms with Gasteiger partial charge in [0.15, 0.2) is 0 Å². The van der Waals surface area contributed by atoms with E-state index >= 15 is 0 Å². The van der Waals surface area contributed by atoms with E-state index in [9.17, 15) is 4.79 Å². The third kappa shape index (κ3) is 2.97. The molecule has 20 heavy (non-hydrogen) atoms. The number of nitrogens with zero attached hydrogens (tertiary/aromatic N) is 1. The molecule has 2 aromatic rings. The Morgan fingerprint density at radius 3 is 2.60 bits per heavy atom. The van der Waals surface area contributed by atoms with Gasteiger partial charge in [0.05, 0.1) is 16.4 Å². The normalized spacial score (nSPS) is 10.3. The Morgan fingerprint density at radius 1 is 1.30 bits per heavy atom. The number of amides is 1. The summed E-state index contributed by atoms with van der Waals surface area (Å²) in [6.07, 6.45) is 0. The number of nitrogen functional groups attached to an aromatic ring is 1. The maximum Gasteiger partial charge on any atom is 0.258 e. The van der Waals surface area contributed by atoms with Crippen LogP contribution in [-0.4, -0.2) is 12.5 Å². The summed E-state index contributed by atoms with van der Waals surface area (Å²) in [5, 5.41) is 0.573. The molecule has 0 bridgehead atoms. The number of para-hydroxylation sites is 2. The molecule has 1 amide bonds. The highest BCUT2D eigenvalue weighted by atomic mass is 79.9. The number of nitrogens with two attached hydrogens (primary N) is 1. The summed E-state index contributed by atoms with van der Waals surface area (Å²) in [4.78, 5) is 14.2. The van der Waals surface area contributed by atoms with E-state index in [-0.39, 0.29) is 5.91 Å². The minimum Gasteiger partial charge on any atom is -0.397 e. The zero-order chi connectivity index (χ0) is 14.7. The number of hydrogen-bond donors (Lipinski definition) is 1. The summed E-state index contributed by atoms with van der Waals surface area (Å²) >= 11 is 9.28. The molecule has 5 heteroatoms. The highest BCUT2D eigenvalue weighted by Gasteiger charge is 2.18. The predicted molar refractivity (Wildman–Crippen MR) is 87.4 cm³/mol. The molecule has 0 saturated carbocycles. The summed E-state index contributed by atoms with van der Waals surface area (Å²) < 4.78 is 0.696. The molecule has 2 rings (SSSR count). The monoisotopic (exact) mass is 352 g/mol. The molecular formula is C15H14BrClN2O. The lowest BCUT2D eigenvalue weighted by atomic mass is 10.1. The number of benzene rings is 2. The van der Waals surface area contributed by atoms with Crippen LogP contribution in [0, 0.1) is 0 Å². The lowest BCUT2D eigenvalue weighted by molar-refractivity contribution is 0.0988. The van der Waals surface area contributed by atoms with Crippen LogP contribution in [0.3, 0.4) is 0 Å². The first-order valence-electron chi connectivity index (χ1n) is 6.16. The van der Waals surface area contributed by atoms with Gasteiger partial charge < -0.3 is 10.6 Å². The van der Waals surface area contributed by atoms with E-state index in [0.29, 0.717) is 33.0 Å². The average molecular weight is 354 g/mol. The van der Waals surface area contributed by atoms with Crippen molar-refractivity contribution in [2.24, 2.45) is 0 Å². The lowest BCUT2D eigenvalue weighted by Gasteiger charge is -2.22. The van der Waals surface area contributed by atoms with Gasteiger partial charge in [0, 0.05) is 16.6 Å². The van der Waals surface area contributed by atoms with Gasteiger partial charge in [0.1, 0.15) is 0 Å². The first kappa shape index (κ1) is 14.9. The standard InChI is InChI=1S/C15H14BrClN2O/c1-2-19(14-6-4-3-5-13(14)18)15(20)10-7-8-12(17)11(16)9-10/h3-9H,2,18H2,1H3. The second kappa shape index (κ2) is 6.29. The molecule has 0 heterocycles. The van der Waals surface area contributed by atoms with Gasteiger partial charge in [-0.2, -0.15) is 0 Å². The second-order valence-corrected chi connectivity index (χ2v) is 5.50. The van der Waals surface area contributed by atoms with Crippen LogP contribution in [0.2, 0.25) is 5.02 Å². The molecule has 0 atom stereocenters. The van der Waals surface area contributed by atoms with Crippen molar-refractivity contribution in [1.29, 1.82) is 0 Å². The molecule has 0 aliphatic carbocycles. The van der Waals surface area contributed by atoms with Gasteiger partial charge in [0.2, 0.25) is 0 Å². The highest BCUT2D eigenvalue weighted by molar-refractivity contribution is 9.10. The molecule has 0 aliphatic heterocycles. The van der Waals surface area contributed by atoms with Crippen molar-refractivity contribution in [1.82, 2.24) is 0 Å². The van der Waals surface area contributed by atoms with Crippen LogP contribution >= 0.6 is 27.5 Å². The quantitative estimate of drug-likeness (QED) is 0.834. The van der Waals surface area contributed by atoms with Gasteiger partial charge >= 0.3 is 0 Å². The Balaban J connectivity index is 2.39. The largest absolute Gasteiger partial charge is 0.397 e. The molecule has 2 aromatic carbocycles. The smallest absolute Gasteiger partial charge is 0.258 e. The summed E-state index contributed by atoms with van der Waals surface area (Å²) in [6.45, 7) is 2.45. The summed E-state index contributed by atoms with van der Waals surface area (Å²) in [5.41, 5.74) is 7.80. The van der Waals surface area contributed by atoms with Crippen LogP contribution < -0.4 is 10.6 Å². The van der Waals surface area contributed by atoms with Gasteiger partial charge in [-0.25, -0.2) is 0 Å². The van der Waals surface area contributed by atoms with Gasteiger partial charge in [-0.3, -0.25) is 4.79 Å². The van der Waals surface area contributed by atoms with Crippen molar-refractivity contribution in [3.63, 3.8) is 0 Å². The van der Waals surface area contributed by atoms with E-state index in [0.717, 1.165) is 0 Å². The first-order valence-corrected chi connectivity index (χ1v) is 7.33. The average Bonchev–Trinajstić information content (AvgIpc) is 2.44. The van der Waals surface area contributed by atoms with Gasteiger partial charge in [-0.15, -0.1) is 0 Å². The molecule has 0 spiro atoms. The number of halogens is 2. The van der Waals surface area contributed by atoms with Gasteiger partial charge in [-0.1, -0.05) is 23.7 Å². The Bertz CT molecular complexity index is 646. The van der Waals surface area contributed by atoms with E-state index < -0.39 is 0 Å². The number of anilines is 2. The predicted octanol–water partition coefficient (Wildman–Crippen LogP) is 4.35. The second-order valence-electron chi connectivity index (χ2n) is 4.24. The Hall–Kier alpha value is -1.52. The SMILES string of the molecule is CCN(C(=O)c1ccc(Cl)c(Br)c1)c1ccccc1N. The van der Waals surface area contributed by atoms with Gasteiger partial charge in [0.25, 0.3) is 5.91 Å². The maximum absolute atomic E-state index is 12.6. The van der Waals surface area contributed by atoms with E-state index in [4.69, 9.17) is 17.3 Å². The van der Waals surface area contributed by atoms with Crippen LogP contribution in [0.15, 0.2) is 46.9 Å². The van der Waals surface area contributed by atoms with Crippen molar-refractivity contribution in [2.75, 3.05) is 17.2 Å². The Labute approximate surface area is 131 Å². The van der Waals surface area contributed by atoms with E-state index in [1.54, 1.807) is 29.2 Å². The fourth-order valence-corrected chi connectivity index (χ4v) is 2.44. The fourth-order valence-electron chi connectivity index (χ4n) is 1.94. The van der Waals surface area contributed by atoms with E-state index in [2.05, 4.69) is 15.9 Å². The summed E-state index contributed by atoms with van der Waals surface area (Å²) in [5.74, 6) is -0.109. The number of carbonyl (C=O) groups excluding carboxylic acids is 1. The molecule has 2 N–H and O–H groups in total. The topological polar surface area (TPSA) is 46.3 Å². The maximum atomic E-state index is 12.6. The first-order chi connectivity index (χ1) is 9.54. The Morgan fingerprint density at radius 2 is 2.00 bits per heavy atom. The molecule has 0 unspecified atom stereocenters. The third-order valence-corrected chi connectivity index (χ3v) is 4.17. The van der Waals surface area contributed by atoms with Crippen LogP contribution in [-0.2, 0) is 0 Å². The molecule has 3 nitrogen and oxygen atoms in total. The molecular weight excluding hydrogens is 340 g/mol. The van der Waals surface area contributed by atoms with Crippen molar-refractivity contribution in [3.8, 4) is 0 Å². The van der Waals surface area contributed by atoms with Crippen LogP contribution in [0.25, 0.3) is 0 Å². The number of rotatable bonds is 3. The third-order valence-electron chi connectivity index (χ3n) is 2.96. The molecule has 104 valence electrons. The molecule has 0 saturated heterocycles. The van der Waals surface area contributed by atoms with Crippen molar-refractivity contribution in [3.05, 3.63) is 57.5 Å². The summed E-state index contributed by atoms with van der Waals surface area (Å²) in [6, 6.07) is 12.4. The zero-order valence-electron chi connectivity index (χ0n) is 10.9. The zero-order valence-corrected chi connectivity index (χ0v) is 13.3.